The number of hydrogen-bond donors (Lipinski definition) is 2. The largest absolute Gasteiger partial charge is 0.507 e. The molecule has 0 aliphatic rings. The molecule has 0 amide bonds. The zero-order chi connectivity index (χ0) is 20.1. The van der Waals surface area contributed by atoms with Crippen LogP contribution in [0.25, 0.3) is 0 Å². The average Bonchev–Trinajstić information content (AvgIpc) is 2.77. The molecule has 0 unspecified atom stereocenters. The van der Waals surface area contributed by atoms with Crippen molar-refractivity contribution in [3.8, 4) is 11.5 Å². The second kappa shape index (κ2) is 9.23. The fraction of sp³-hybridized carbons (Fsp3) is 0.0400. The van der Waals surface area contributed by atoms with Gasteiger partial charge >= 0.3 is 0 Å². The lowest BCUT2D eigenvalue weighted by atomic mass is 10.3. The monoisotopic (exact) mass is 416 g/mol. The Morgan fingerprint density at radius 3 is 1.17 bits per heavy atom. The normalized spacial score (nSPS) is 13.0. The minimum atomic E-state index is -0.803. The third-order valence-electron chi connectivity index (χ3n) is 4.76. The lowest BCUT2D eigenvalue weighted by molar-refractivity contribution is 0.479. The summed E-state index contributed by atoms with van der Waals surface area (Å²) in [6.45, 7) is 0. The fourth-order valence-electron chi connectivity index (χ4n) is 3.34. The molecule has 4 rings (SSSR count). The van der Waals surface area contributed by atoms with E-state index in [0.717, 1.165) is 16.5 Å². The van der Waals surface area contributed by atoms with Crippen LogP contribution in [0.1, 0.15) is 0 Å². The maximum absolute atomic E-state index is 10.6. The van der Waals surface area contributed by atoms with Crippen LogP contribution in [0.4, 0.5) is 0 Å². The molecule has 0 saturated carbocycles. The summed E-state index contributed by atoms with van der Waals surface area (Å²) in [4.78, 5) is 0. The molecule has 0 aliphatic carbocycles. The van der Waals surface area contributed by atoms with Crippen molar-refractivity contribution < 1.29 is 10.2 Å². The summed E-state index contributed by atoms with van der Waals surface area (Å²) in [6, 6.07) is 36.1. The van der Waals surface area contributed by atoms with Crippen molar-refractivity contribution in [2.24, 2.45) is 0 Å². The Balaban J connectivity index is 1.83. The van der Waals surface area contributed by atoms with Crippen LogP contribution in [0, 0.1) is 0 Å². The maximum atomic E-state index is 10.6. The van der Waals surface area contributed by atoms with Gasteiger partial charge in [0.25, 0.3) is 0 Å². The molecular formula is C25H22O2P2. The highest BCUT2D eigenvalue weighted by molar-refractivity contribution is 7.88. The molecule has 2 atom stereocenters. The molecule has 4 aromatic carbocycles. The molecule has 0 radical (unpaired) electrons. The van der Waals surface area contributed by atoms with Crippen molar-refractivity contribution in [3.05, 3.63) is 109 Å². The molecule has 0 bridgehead atoms. The first kappa shape index (κ1) is 19.6. The standard InChI is InChI=1S/C25H22O2P2/c26-22-15-7-9-17-24(22)28(20-11-3-1-4-12-20)19-29(21-13-5-2-6-14-21)25-18-10-8-16-23(25)27/h1-18,26-27H,19H2/t28-,29-/m1/s1. The van der Waals surface area contributed by atoms with Crippen LogP contribution >= 0.6 is 15.8 Å². The summed E-state index contributed by atoms with van der Waals surface area (Å²) >= 11 is 0. The first-order valence-electron chi connectivity index (χ1n) is 9.45. The van der Waals surface area contributed by atoms with Crippen molar-refractivity contribution in [2.45, 2.75) is 0 Å². The predicted molar refractivity (Wildman–Crippen MR) is 126 cm³/mol. The summed E-state index contributed by atoms with van der Waals surface area (Å²) < 4.78 is 0. The number of hydrogen-bond acceptors (Lipinski definition) is 2. The van der Waals surface area contributed by atoms with E-state index in [9.17, 15) is 10.2 Å². The van der Waals surface area contributed by atoms with Crippen molar-refractivity contribution in [1.29, 1.82) is 0 Å². The van der Waals surface area contributed by atoms with Gasteiger partial charge in [-0.2, -0.15) is 0 Å². The van der Waals surface area contributed by atoms with Crippen LogP contribution in [-0.4, -0.2) is 16.1 Å². The van der Waals surface area contributed by atoms with Gasteiger partial charge in [0, 0.05) is 16.5 Å². The van der Waals surface area contributed by atoms with Gasteiger partial charge in [0.1, 0.15) is 11.5 Å². The highest BCUT2D eigenvalue weighted by Gasteiger charge is 2.25. The Morgan fingerprint density at radius 2 is 0.793 bits per heavy atom. The zero-order valence-electron chi connectivity index (χ0n) is 15.9. The number of benzene rings is 4. The first-order chi connectivity index (χ1) is 14.2. The Labute approximate surface area is 174 Å². The summed E-state index contributed by atoms with van der Waals surface area (Å²) in [5.74, 6) is 1.53. The molecule has 0 aliphatic heterocycles. The molecule has 0 saturated heterocycles. The molecule has 0 heterocycles. The molecule has 4 aromatic rings. The van der Waals surface area contributed by atoms with Crippen LogP contribution in [0.3, 0.4) is 0 Å². The SMILES string of the molecule is Oc1ccccc1[P@](C[P@](c1ccccc1)c1ccccc1O)c1ccccc1. The van der Waals surface area contributed by atoms with E-state index in [4.69, 9.17) is 0 Å². The van der Waals surface area contributed by atoms with Gasteiger partial charge in [-0.25, -0.2) is 0 Å². The lowest BCUT2D eigenvalue weighted by Gasteiger charge is -2.27. The second-order valence-electron chi connectivity index (χ2n) is 6.65. The van der Waals surface area contributed by atoms with Crippen LogP contribution < -0.4 is 21.2 Å². The highest BCUT2D eigenvalue weighted by Crippen LogP contribution is 2.50. The van der Waals surface area contributed by atoms with Crippen LogP contribution in [0.15, 0.2) is 109 Å². The molecular weight excluding hydrogens is 394 g/mol. The Bertz CT molecular complexity index is 981. The van der Waals surface area contributed by atoms with Crippen molar-refractivity contribution >= 4 is 37.1 Å². The van der Waals surface area contributed by atoms with E-state index in [0.29, 0.717) is 11.5 Å². The second-order valence-corrected chi connectivity index (χ2v) is 11.5. The third kappa shape index (κ3) is 4.51. The van der Waals surface area contributed by atoms with Gasteiger partial charge in [-0.3, -0.25) is 0 Å². The maximum Gasteiger partial charge on any atom is 0.123 e. The third-order valence-corrected chi connectivity index (χ3v) is 10.8. The Kier molecular flexibility index (Phi) is 6.25. The van der Waals surface area contributed by atoms with E-state index in [-0.39, 0.29) is 0 Å². The number of para-hydroxylation sites is 2. The van der Waals surface area contributed by atoms with Gasteiger partial charge in [-0.15, -0.1) is 0 Å². The molecule has 144 valence electrons. The van der Waals surface area contributed by atoms with Crippen molar-refractivity contribution in [1.82, 2.24) is 0 Å². The Hall–Kier alpha value is -2.66. The minimum Gasteiger partial charge on any atom is -0.507 e. The molecule has 29 heavy (non-hydrogen) atoms. The molecule has 2 nitrogen and oxygen atoms in total. The number of phenolic OH excluding ortho intramolecular Hbond substituents is 2. The van der Waals surface area contributed by atoms with Gasteiger partial charge < -0.3 is 10.2 Å². The molecule has 0 spiro atoms. The molecule has 0 aromatic heterocycles. The van der Waals surface area contributed by atoms with Gasteiger partial charge in [0.2, 0.25) is 0 Å². The van der Waals surface area contributed by atoms with E-state index in [1.807, 2.05) is 48.5 Å². The van der Waals surface area contributed by atoms with E-state index in [1.165, 1.54) is 10.6 Å². The predicted octanol–water partition coefficient (Wildman–Crippen LogP) is 4.62. The lowest BCUT2D eigenvalue weighted by Crippen LogP contribution is -2.20. The topological polar surface area (TPSA) is 40.5 Å². The van der Waals surface area contributed by atoms with Crippen LogP contribution in [0.2, 0.25) is 0 Å². The molecule has 0 fully saturated rings. The quantitative estimate of drug-likeness (QED) is 0.451. The minimum absolute atomic E-state index is 0.336. The van der Waals surface area contributed by atoms with Crippen LogP contribution in [-0.2, 0) is 0 Å². The average molecular weight is 416 g/mol. The van der Waals surface area contributed by atoms with Gasteiger partial charge in [0.15, 0.2) is 0 Å². The Morgan fingerprint density at radius 1 is 0.448 bits per heavy atom. The first-order valence-corrected chi connectivity index (χ1v) is 12.5. The molecule has 2 N–H and O–H groups in total. The van der Waals surface area contributed by atoms with Crippen molar-refractivity contribution in [3.63, 3.8) is 0 Å². The number of phenols is 2. The van der Waals surface area contributed by atoms with Gasteiger partial charge in [-0.1, -0.05) is 97.1 Å². The van der Waals surface area contributed by atoms with Gasteiger partial charge in [-0.05, 0) is 38.6 Å². The zero-order valence-corrected chi connectivity index (χ0v) is 17.7. The number of rotatable bonds is 6. The van der Waals surface area contributed by atoms with E-state index >= 15 is 0 Å². The van der Waals surface area contributed by atoms with Crippen LogP contribution in [0.5, 0.6) is 11.5 Å². The summed E-state index contributed by atoms with van der Waals surface area (Å²) in [5, 5.41) is 25.7. The molecule has 4 heteroatoms. The van der Waals surface area contributed by atoms with E-state index in [2.05, 4.69) is 48.5 Å². The highest BCUT2D eigenvalue weighted by atomic mass is 31.2. The van der Waals surface area contributed by atoms with E-state index < -0.39 is 15.8 Å². The van der Waals surface area contributed by atoms with Gasteiger partial charge in [0.05, 0.1) is 0 Å². The van der Waals surface area contributed by atoms with Crippen molar-refractivity contribution in [2.75, 3.05) is 5.90 Å². The smallest absolute Gasteiger partial charge is 0.123 e. The number of aromatic hydroxyl groups is 2. The fourth-order valence-corrected chi connectivity index (χ4v) is 9.85. The summed E-state index contributed by atoms with van der Waals surface area (Å²) in [7, 11) is -1.61. The summed E-state index contributed by atoms with van der Waals surface area (Å²) in [6.07, 6.45) is 0. The van der Waals surface area contributed by atoms with E-state index in [1.54, 1.807) is 12.1 Å². The summed E-state index contributed by atoms with van der Waals surface area (Å²) in [5.41, 5.74) is 0.